The van der Waals surface area contributed by atoms with Crippen molar-refractivity contribution < 1.29 is 14.7 Å². The average Bonchev–Trinajstić information content (AvgIpc) is 3.15. The Morgan fingerprint density at radius 3 is 2.85 bits per heavy atom. The number of hydrogen-bond donors (Lipinski definition) is 2. The molecule has 7 heteroatoms. The number of carboxylic acids is 1. The van der Waals surface area contributed by atoms with Crippen LogP contribution in [0.15, 0.2) is 41.8 Å². The van der Waals surface area contributed by atoms with Crippen LogP contribution in [-0.2, 0) is 11.3 Å². The van der Waals surface area contributed by atoms with Gasteiger partial charge in [-0.25, -0.2) is 9.78 Å². The van der Waals surface area contributed by atoms with Gasteiger partial charge in [0.15, 0.2) is 0 Å². The van der Waals surface area contributed by atoms with E-state index in [9.17, 15) is 14.7 Å². The number of nitrogens with one attached hydrogen (secondary N) is 1. The van der Waals surface area contributed by atoms with Crippen LogP contribution in [0.1, 0.15) is 15.9 Å². The van der Waals surface area contributed by atoms with Crippen molar-refractivity contribution in [3.05, 3.63) is 52.9 Å². The van der Waals surface area contributed by atoms with E-state index < -0.39 is 5.97 Å². The van der Waals surface area contributed by atoms with Crippen molar-refractivity contribution in [2.24, 2.45) is 0 Å². The lowest BCUT2D eigenvalue weighted by molar-refractivity contribution is -0.124. The van der Waals surface area contributed by atoms with Gasteiger partial charge in [-0.1, -0.05) is 24.3 Å². The number of amides is 1. The molecule has 1 amide bonds. The molecule has 0 bridgehead atoms. The molecule has 132 valence electrons. The minimum absolute atomic E-state index is 0.0421. The average molecular weight is 367 g/mol. The monoisotopic (exact) mass is 367 g/mol. The van der Waals surface area contributed by atoms with E-state index in [0.29, 0.717) is 41.8 Å². The quantitative estimate of drug-likeness (QED) is 0.741. The number of pyridine rings is 1. The highest BCUT2D eigenvalue weighted by Gasteiger charge is 2.25. The predicted octanol–water partition coefficient (Wildman–Crippen LogP) is 2.59. The molecule has 3 aromatic rings. The number of nitrogens with zero attached hydrogens (tertiary/aromatic N) is 2. The number of carbonyl (C=O) groups excluding carboxylic acids is 1. The molecule has 1 saturated heterocycles. The van der Waals surface area contributed by atoms with E-state index in [4.69, 9.17) is 4.98 Å². The van der Waals surface area contributed by atoms with E-state index in [0.717, 1.165) is 4.88 Å². The fourth-order valence-electron chi connectivity index (χ4n) is 3.32. The molecule has 2 N–H and O–H groups in total. The van der Waals surface area contributed by atoms with E-state index in [1.165, 1.54) is 11.3 Å². The lowest BCUT2D eigenvalue weighted by Gasteiger charge is -2.28. The zero-order valence-corrected chi connectivity index (χ0v) is 14.8. The molecule has 1 aliphatic rings. The zero-order chi connectivity index (χ0) is 18.1. The summed E-state index contributed by atoms with van der Waals surface area (Å²) in [6.07, 6.45) is 0. The number of fused-ring (bicyclic) bond motifs is 1. The van der Waals surface area contributed by atoms with Crippen LogP contribution >= 0.6 is 11.3 Å². The van der Waals surface area contributed by atoms with Gasteiger partial charge in [0.05, 0.1) is 28.2 Å². The van der Waals surface area contributed by atoms with Crippen LogP contribution in [0.25, 0.3) is 21.5 Å². The van der Waals surface area contributed by atoms with Crippen LogP contribution < -0.4 is 5.32 Å². The second-order valence-corrected chi connectivity index (χ2v) is 7.12. The third kappa shape index (κ3) is 3.07. The van der Waals surface area contributed by atoms with E-state index in [1.54, 1.807) is 6.07 Å². The molecule has 0 radical (unpaired) electrons. The molecule has 0 aliphatic carbocycles. The summed E-state index contributed by atoms with van der Waals surface area (Å²) in [6, 6.07) is 11.2. The van der Waals surface area contributed by atoms with Crippen molar-refractivity contribution in [3.63, 3.8) is 0 Å². The van der Waals surface area contributed by atoms with Crippen molar-refractivity contribution >= 4 is 34.1 Å². The van der Waals surface area contributed by atoms with Crippen LogP contribution in [0.5, 0.6) is 0 Å². The minimum Gasteiger partial charge on any atom is -0.478 e. The fraction of sp³-hybridized carbons (Fsp3) is 0.211. The fourth-order valence-corrected chi connectivity index (χ4v) is 4.06. The van der Waals surface area contributed by atoms with Gasteiger partial charge in [0.2, 0.25) is 5.91 Å². The summed E-state index contributed by atoms with van der Waals surface area (Å²) in [7, 11) is 0. The van der Waals surface area contributed by atoms with Crippen LogP contribution in [0.3, 0.4) is 0 Å². The Balaban J connectivity index is 1.92. The first kappa shape index (κ1) is 16.7. The summed E-state index contributed by atoms with van der Waals surface area (Å²) < 4.78 is 0. The molecule has 2 aromatic heterocycles. The van der Waals surface area contributed by atoms with Gasteiger partial charge in [0, 0.05) is 30.6 Å². The van der Waals surface area contributed by atoms with E-state index in [-0.39, 0.29) is 18.0 Å². The molecule has 1 fully saturated rings. The van der Waals surface area contributed by atoms with E-state index in [1.807, 2.05) is 40.6 Å². The number of rotatable bonds is 4. The van der Waals surface area contributed by atoms with Crippen molar-refractivity contribution in [3.8, 4) is 10.6 Å². The summed E-state index contributed by atoms with van der Waals surface area (Å²) in [6.45, 7) is 1.88. The molecule has 1 aliphatic heterocycles. The van der Waals surface area contributed by atoms with Gasteiger partial charge in [-0.15, -0.1) is 11.3 Å². The first-order valence-corrected chi connectivity index (χ1v) is 9.19. The van der Waals surface area contributed by atoms with Crippen molar-refractivity contribution in [1.29, 1.82) is 0 Å². The Morgan fingerprint density at radius 1 is 1.27 bits per heavy atom. The summed E-state index contributed by atoms with van der Waals surface area (Å²) in [4.78, 5) is 31.5. The van der Waals surface area contributed by atoms with Crippen LogP contribution in [0, 0.1) is 0 Å². The molecular formula is C19H17N3O3S. The maximum Gasteiger partial charge on any atom is 0.336 e. The normalized spacial score (nSPS) is 15.2. The van der Waals surface area contributed by atoms with Gasteiger partial charge < -0.3 is 10.4 Å². The smallest absolute Gasteiger partial charge is 0.336 e. The summed E-state index contributed by atoms with van der Waals surface area (Å²) >= 11 is 1.53. The van der Waals surface area contributed by atoms with Gasteiger partial charge in [0.1, 0.15) is 0 Å². The maximum atomic E-state index is 12.1. The zero-order valence-electron chi connectivity index (χ0n) is 13.9. The van der Waals surface area contributed by atoms with E-state index in [2.05, 4.69) is 5.32 Å². The first-order valence-electron chi connectivity index (χ1n) is 8.31. The maximum absolute atomic E-state index is 12.1. The van der Waals surface area contributed by atoms with Gasteiger partial charge >= 0.3 is 5.97 Å². The minimum atomic E-state index is -0.974. The molecular weight excluding hydrogens is 350 g/mol. The largest absolute Gasteiger partial charge is 0.478 e. The molecule has 6 nitrogen and oxygen atoms in total. The van der Waals surface area contributed by atoms with Crippen molar-refractivity contribution in [2.45, 2.75) is 6.54 Å². The number of aromatic nitrogens is 1. The number of hydrogen-bond acceptors (Lipinski definition) is 5. The van der Waals surface area contributed by atoms with Crippen LogP contribution in [0.4, 0.5) is 0 Å². The number of aromatic carboxylic acids is 1. The number of benzene rings is 1. The number of piperazine rings is 1. The van der Waals surface area contributed by atoms with Gasteiger partial charge in [-0.2, -0.15) is 0 Å². The standard InChI is InChI=1S/C19H17N3O3S/c23-16-11-22(8-7-20-16)10-13-17(19(24)25)12-4-1-2-5-14(12)21-18(13)15-6-3-9-26-15/h1-6,9H,7-8,10-11H2,(H,20,23)(H,24,25). The Kier molecular flexibility index (Phi) is 4.40. The molecule has 0 atom stereocenters. The number of thiophene rings is 1. The Bertz CT molecular complexity index is 985. The van der Waals surface area contributed by atoms with Gasteiger partial charge in [-0.05, 0) is 17.5 Å². The second-order valence-electron chi connectivity index (χ2n) is 6.17. The molecule has 0 unspecified atom stereocenters. The highest BCUT2D eigenvalue weighted by Crippen LogP contribution is 2.33. The summed E-state index contributed by atoms with van der Waals surface area (Å²) in [5, 5.41) is 15.3. The molecule has 0 spiro atoms. The molecule has 3 heterocycles. The van der Waals surface area contributed by atoms with Gasteiger partial charge in [0.25, 0.3) is 0 Å². The van der Waals surface area contributed by atoms with Crippen molar-refractivity contribution in [2.75, 3.05) is 19.6 Å². The Hall–Kier alpha value is -2.77. The van der Waals surface area contributed by atoms with Gasteiger partial charge in [-0.3, -0.25) is 9.69 Å². The highest BCUT2D eigenvalue weighted by atomic mass is 32.1. The number of para-hydroxylation sites is 1. The molecule has 1 aromatic carbocycles. The van der Waals surface area contributed by atoms with Crippen LogP contribution in [-0.4, -0.2) is 46.5 Å². The molecule has 4 rings (SSSR count). The van der Waals surface area contributed by atoms with E-state index >= 15 is 0 Å². The van der Waals surface area contributed by atoms with Crippen LogP contribution in [0.2, 0.25) is 0 Å². The predicted molar refractivity (Wildman–Crippen MR) is 100 cm³/mol. The van der Waals surface area contributed by atoms with Crippen molar-refractivity contribution in [1.82, 2.24) is 15.2 Å². The Morgan fingerprint density at radius 2 is 2.12 bits per heavy atom. The topological polar surface area (TPSA) is 82.5 Å². The molecule has 26 heavy (non-hydrogen) atoms. The molecule has 0 saturated carbocycles. The third-order valence-corrected chi connectivity index (χ3v) is 5.34. The number of carbonyl (C=O) groups is 2. The first-order chi connectivity index (χ1) is 12.6. The SMILES string of the molecule is O=C1CN(Cc2c(-c3cccs3)nc3ccccc3c2C(=O)O)CCN1. The summed E-state index contributed by atoms with van der Waals surface area (Å²) in [5.74, 6) is -1.02. The summed E-state index contributed by atoms with van der Waals surface area (Å²) in [5.41, 5.74) is 2.27. The number of carboxylic acid groups (broad SMARTS) is 1. The lowest BCUT2D eigenvalue weighted by atomic mass is 9.98. The highest BCUT2D eigenvalue weighted by molar-refractivity contribution is 7.13. The lowest BCUT2D eigenvalue weighted by Crippen LogP contribution is -2.47. The second kappa shape index (κ2) is 6.86. The third-order valence-electron chi connectivity index (χ3n) is 4.46. The Labute approximate surface area is 154 Å².